The first-order valence-electron chi connectivity index (χ1n) is 30.5. The third-order valence-corrected chi connectivity index (χ3v) is 16.0. The molecular formula is C80H94Br2N6O6S6Y6-12. The van der Waals surface area contributed by atoms with Gasteiger partial charge in [0.15, 0.2) is 37.7 Å². The standard InChI is InChI=1S/2C13H9NOS.2C9H7NOS.C8H7N.2C5H3BrOS.C4H5N.6C2H6.2CH4.6Y/c2*15-10-13-7-6-12(16-13)8-9-14-11-4-2-1-3-5-11;2*1-2-10-6-5-8-3-4-9(7-11)12-8;1-2-9-8-6-4-3-5-7-8;2*6-5-2-1-4(3-7)8-5;1-3-5-4-2;6*1-2;;;;;;;;/h2*1-4,6-7,10H,8H2;2*1-4,7H,5H2;3-6H,1H3;2*1-3H;1,3H,2H3;6*1-2H3;2*1H4;;;;;;/q5*-2;;;-2;;;;;;;;;;;;;;. The van der Waals surface area contributed by atoms with E-state index in [1.807, 2.05) is 204 Å². The van der Waals surface area contributed by atoms with Gasteiger partial charge in [-0.2, -0.15) is 91.9 Å². The molecule has 0 atom stereocenters. The first-order chi connectivity index (χ1) is 48.0. The molecule has 106 heavy (non-hydrogen) atoms. The topological polar surface area (TPSA) is 177 Å². The second kappa shape index (κ2) is 106. The SMILES string of the molecule is C.C.CC.CC.CC.CC.CC.CC.C[C-]=Nc1[c-]cccc1.O=Cc1ccc(Br)s1.O=Cc1ccc(Br)s1.O=Cc1ccc(C[C-]=Nc2[c-]cccc2)s1.O=Cc1ccc(C[C-]=Nc2[c-]cccc2)s1.[CH-]=CN=[C-]C.[CH-]=CN=[C-]Cc1ccc(C=O)s1.[CH-]=CN=[C-]Cc1ccc(C=O)s1.[Y].[Y].[Y].[Y].[Y].[Y]. The number of hydrogen-bond donors (Lipinski definition) is 0. The molecule has 0 spiro atoms. The minimum Gasteiger partial charge on any atom is -0.601 e. The van der Waals surface area contributed by atoms with Gasteiger partial charge in [-0.25, -0.2) is 35.3 Å². The van der Waals surface area contributed by atoms with Crippen LogP contribution in [0.1, 0.15) is 189 Å². The summed E-state index contributed by atoms with van der Waals surface area (Å²) < 4.78 is 2.00. The van der Waals surface area contributed by atoms with Gasteiger partial charge < -0.3 is 68.3 Å². The summed E-state index contributed by atoms with van der Waals surface area (Å²) in [7, 11) is 0. The summed E-state index contributed by atoms with van der Waals surface area (Å²) >= 11 is 15.1. The van der Waals surface area contributed by atoms with E-state index < -0.39 is 0 Å². The molecule has 0 N–H and O–H groups in total. The van der Waals surface area contributed by atoms with Gasteiger partial charge in [-0.1, -0.05) is 124 Å². The molecule has 0 saturated carbocycles. The van der Waals surface area contributed by atoms with Crippen LogP contribution in [0.5, 0.6) is 0 Å². The number of nitrogens with zero attached hydrogens (tertiary/aromatic N) is 6. The Labute approximate surface area is 829 Å². The van der Waals surface area contributed by atoms with Crippen LogP contribution in [0.4, 0.5) is 17.1 Å². The van der Waals surface area contributed by atoms with E-state index in [1.165, 1.54) is 86.6 Å². The van der Waals surface area contributed by atoms with Crippen molar-refractivity contribution in [3.8, 4) is 0 Å². The Balaban J connectivity index is -0.0000000834. The minimum atomic E-state index is 0. The van der Waals surface area contributed by atoms with E-state index >= 15 is 0 Å². The molecule has 3 aromatic carbocycles. The molecule has 6 heterocycles. The largest absolute Gasteiger partial charge is 0.601 e. The fourth-order valence-electron chi connectivity index (χ4n) is 5.31. The second-order valence-corrected chi connectivity index (χ2v) is 24.7. The van der Waals surface area contributed by atoms with Gasteiger partial charge in [-0.15, -0.1) is 81.9 Å². The third kappa shape index (κ3) is 79.4. The molecule has 0 aliphatic carbocycles. The molecule has 9 aromatic rings. The van der Waals surface area contributed by atoms with Crippen LogP contribution >= 0.6 is 99.9 Å². The number of benzene rings is 3. The predicted octanol–water partition coefficient (Wildman–Crippen LogP) is 25.4. The summed E-state index contributed by atoms with van der Waals surface area (Å²) in [6.07, 6.45) is 27.6. The number of rotatable bonds is 20. The van der Waals surface area contributed by atoms with E-state index in [0.29, 0.717) is 25.7 Å². The Morgan fingerprint density at radius 2 is 0.566 bits per heavy atom. The van der Waals surface area contributed by atoms with Crippen LogP contribution in [0.15, 0.2) is 202 Å². The summed E-state index contributed by atoms with van der Waals surface area (Å²) in [5.41, 5.74) is 2.38. The quantitative estimate of drug-likeness (QED) is 0.0416. The van der Waals surface area contributed by atoms with Crippen molar-refractivity contribution in [3.05, 3.63) is 258 Å². The molecule has 26 heteroatoms. The van der Waals surface area contributed by atoms with Gasteiger partial charge in [0.2, 0.25) is 0 Å². The molecule has 9 rings (SSSR count). The Kier molecular flexibility index (Phi) is 134. The fourth-order valence-corrected chi connectivity index (χ4v) is 10.8. The van der Waals surface area contributed by atoms with E-state index in [1.54, 1.807) is 38.1 Å². The van der Waals surface area contributed by atoms with Crippen LogP contribution in [-0.2, 0) is 222 Å². The average molecular weight is 2120 g/mol. The van der Waals surface area contributed by atoms with E-state index in [9.17, 15) is 28.8 Å². The third-order valence-electron chi connectivity index (χ3n) is 8.87. The zero-order chi connectivity index (χ0) is 74.7. The first kappa shape index (κ1) is 134. The van der Waals surface area contributed by atoms with Crippen LogP contribution in [0.25, 0.3) is 0 Å². The Morgan fingerprint density at radius 3 is 0.736 bits per heavy atom. The molecule has 12 nitrogen and oxygen atoms in total. The maximum Gasteiger partial charge on any atom is 0.160 e. The number of thiophene rings is 6. The van der Waals surface area contributed by atoms with Gasteiger partial charge in [0.05, 0.1) is 36.8 Å². The van der Waals surface area contributed by atoms with Crippen molar-refractivity contribution in [3.63, 3.8) is 0 Å². The molecular weight excluding hydrogens is 2030 g/mol. The number of carbonyl (C=O) groups excluding carboxylic acids is 6. The van der Waals surface area contributed by atoms with Crippen molar-refractivity contribution < 1.29 is 225 Å². The summed E-state index contributed by atoms with van der Waals surface area (Å²) in [4.78, 5) is 93.1. The van der Waals surface area contributed by atoms with Gasteiger partial charge in [-0.05, 0) is 124 Å². The predicted molar refractivity (Wildman–Crippen MR) is 447 cm³/mol. The van der Waals surface area contributed by atoms with Gasteiger partial charge in [0, 0.05) is 196 Å². The first-order valence-corrected chi connectivity index (χ1v) is 37.0. The smallest absolute Gasteiger partial charge is 0.160 e. The van der Waals surface area contributed by atoms with Crippen LogP contribution in [-0.4, -0.2) is 75.0 Å². The van der Waals surface area contributed by atoms with Crippen molar-refractivity contribution in [2.24, 2.45) is 30.0 Å². The van der Waals surface area contributed by atoms with E-state index in [0.717, 1.165) is 111 Å². The number of aldehydes is 6. The fraction of sp³-hybridized carbons (Fsp3) is 0.250. The number of carbonyl (C=O) groups is 6. The zero-order valence-corrected chi connectivity index (χ0v) is 86.5. The van der Waals surface area contributed by atoms with Gasteiger partial charge in [0.1, 0.15) is 0 Å². The number of aliphatic imine (C=N–C) groups is 6. The summed E-state index contributed by atoms with van der Waals surface area (Å²) in [5.74, 6) is 0. The van der Waals surface area contributed by atoms with E-state index in [4.69, 9.17) is 19.7 Å². The summed E-state index contributed by atoms with van der Waals surface area (Å²) in [5, 5.41) is 0. The number of para-hydroxylation sites is 3. The van der Waals surface area contributed by atoms with Crippen molar-refractivity contribution in [2.45, 2.75) is 137 Å². The van der Waals surface area contributed by atoms with Crippen molar-refractivity contribution in [1.82, 2.24) is 0 Å². The maximum atomic E-state index is 10.5. The maximum absolute atomic E-state index is 10.5. The number of halogens is 2. The second-order valence-electron chi connectivity index (χ2n) is 14.9. The molecule has 0 aliphatic heterocycles. The van der Waals surface area contributed by atoms with E-state index in [2.05, 4.69) is 117 Å². The molecule has 560 valence electrons. The average Bonchev–Trinajstić information content (AvgIpc) is 1.77. The minimum absolute atomic E-state index is 0. The van der Waals surface area contributed by atoms with Crippen molar-refractivity contribution in [1.29, 1.82) is 0 Å². The summed E-state index contributed by atoms with van der Waals surface area (Å²) in [6, 6.07) is 53.5. The van der Waals surface area contributed by atoms with Crippen LogP contribution in [0.2, 0.25) is 0 Å². The van der Waals surface area contributed by atoms with Crippen molar-refractivity contribution >= 4 is 192 Å². The molecule has 0 amide bonds. The van der Waals surface area contributed by atoms with Gasteiger partial charge in [-0.3, -0.25) is 47.0 Å². The number of hydrogen-bond acceptors (Lipinski definition) is 18. The van der Waals surface area contributed by atoms with Crippen molar-refractivity contribution in [2.75, 3.05) is 0 Å². The molecule has 0 aliphatic rings. The molecule has 0 fully saturated rings. The van der Waals surface area contributed by atoms with Crippen LogP contribution in [0.3, 0.4) is 0 Å². The molecule has 6 radical (unpaired) electrons. The molecule has 6 aromatic heterocycles. The molecule has 0 unspecified atom stereocenters. The summed E-state index contributed by atoms with van der Waals surface area (Å²) in [6.45, 7) is 42.3. The Bertz CT molecular complexity index is 3380. The normalized spacial score (nSPS) is 8.60. The Morgan fingerprint density at radius 1 is 0.330 bits per heavy atom. The molecule has 0 bridgehead atoms. The van der Waals surface area contributed by atoms with E-state index in [-0.39, 0.29) is 211 Å². The zero-order valence-electron chi connectivity index (χ0n) is 61.4. The van der Waals surface area contributed by atoms with Gasteiger partial charge in [0.25, 0.3) is 0 Å². The monoisotopic (exact) mass is 2120 g/mol. The van der Waals surface area contributed by atoms with Crippen LogP contribution in [0, 0.1) is 37.9 Å². The molecule has 0 saturated heterocycles. The Hall–Kier alpha value is -1.30. The van der Waals surface area contributed by atoms with Gasteiger partial charge >= 0.3 is 0 Å². The van der Waals surface area contributed by atoms with Crippen LogP contribution < -0.4 is 0 Å².